The fourth-order valence-corrected chi connectivity index (χ4v) is 9.05. The highest BCUT2D eigenvalue weighted by Crippen LogP contribution is 2.18. The van der Waals surface area contributed by atoms with Gasteiger partial charge < -0.3 is 14.2 Å². The normalized spacial score (nSPS) is 12.3. The van der Waals surface area contributed by atoms with Crippen molar-refractivity contribution in [2.45, 2.75) is 329 Å². The van der Waals surface area contributed by atoms with Crippen molar-refractivity contribution in [1.82, 2.24) is 0 Å². The van der Waals surface area contributed by atoms with Crippen LogP contribution in [0.4, 0.5) is 0 Å². The first-order valence-corrected chi connectivity index (χ1v) is 30.6. The number of hydrogen-bond donors (Lipinski definition) is 0. The maximum absolute atomic E-state index is 12.7. The summed E-state index contributed by atoms with van der Waals surface area (Å²) in [6.07, 6.45) is 73.4. The van der Waals surface area contributed by atoms with Crippen molar-refractivity contribution in [2.75, 3.05) is 13.2 Å². The molecule has 70 heavy (non-hydrogen) atoms. The predicted octanol–water partition coefficient (Wildman–Crippen LogP) is 20.6. The molecule has 1 unspecified atom stereocenters. The molecule has 6 nitrogen and oxygen atoms in total. The molecule has 6 heteroatoms. The van der Waals surface area contributed by atoms with Gasteiger partial charge in [-0.1, -0.05) is 307 Å². The van der Waals surface area contributed by atoms with Gasteiger partial charge in [-0.15, -0.1) is 0 Å². The first-order chi connectivity index (χ1) is 34.5. The summed E-state index contributed by atoms with van der Waals surface area (Å²) in [4.78, 5) is 37.8. The average molecular weight is 982 g/mol. The van der Waals surface area contributed by atoms with Crippen LogP contribution in [0.5, 0.6) is 0 Å². The molecule has 0 aliphatic carbocycles. The number of carbonyl (C=O) groups is 3. The maximum Gasteiger partial charge on any atom is 0.306 e. The molecule has 0 aromatic carbocycles. The van der Waals surface area contributed by atoms with E-state index < -0.39 is 6.10 Å². The Balaban J connectivity index is 3.96. The lowest BCUT2D eigenvalue weighted by Gasteiger charge is -2.18. The molecule has 1 atom stereocenters. The molecule has 0 bridgehead atoms. The second kappa shape index (κ2) is 58.9. The third-order valence-corrected chi connectivity index (χ3v) is 13.6. The summed E-state index contributed by atoms with van der Waals surface area (Å²) in [6.45, 7) is 6.45. The SMILES string of the molecule is CC/C=C\C/C=C\C/C=C\C/C=C\CCC(=O)OC(COC(=O)CCCCCCCCC)COC(=O)CCCCCCCCCCCCCCCCCCCCCCCCCCCCCCCCCC. The Morgan fingerprint density at radius 1 is 0.300 bits per heavy atom. The van der Waals surface area contributed by atoms with E-state index in [1.807, 2.05) is 12.2 Å². The van der Waals surface area contributed by atoms with Crippen molar-refractivity contribution in [3.05, 3.63) is 48.6 Å². The summed E-state index contributed by atoms with van der Waals surface area (Å²) in [5, 5.41) is 0. The molecule has 0 heterocycles. The van der Waals surface area contributed by atoms with E-state index in [2.05, 4.69) is 57.2 Å². The lowest BCUT2D eigenvalue weighted by molar-refractivity contribution is -0.166. The molecule has 408 valence electrons. The van der Waals surface area contributed by atoms with Crippen LogP contribution < -0.4 is 0 Å². The van der Waals surface area contributed by atoms with E-state index >= 15 is 0 Å². The summed E-state index contributed by atoms with van der Waals surface area (Å²) >= 11 is 0. The third kappa shape index (κ3) is 56.3. The summed E-state index contributed by atoms with van der Waals surface area (Å²) in [5.74, 6) is -0.976. The zero-order valence-corrected chi connectivity index (χ0v) is 46.8. The lowest BCUT2D eigenvalue weighted by Crippen LogP contribution is -2.30. The Hall–Kier alpha value is -2.63. The highest BCUT2D eigenvalue weighted by atomic mass is 16.6. The molecular weight excluding hydrogens is 865 g/mol. The van der Waals surface area contributed by atoms with Crippen LogP contribution in [-0.4, -0.2) is 37.2 Å². The first-order valence-electron chi connectivity index (χ1n) is 30.6. The van der Waals surface area contributed by atoms with E-state index in [1.54, 1.807) is 0 Å². The molecule has 0 rings (SSSR count). The lowest BCUT2D eigenvalue weighted by atomic mass is 10.0. The monoisotopic (exact) mass is 981 g/mol. The Morgan fingerprint density at radius 3 is 0.843 bits per heavy atom. The molecule has 0 aliphatic heterocycles. The minimum Gasteiger partial charge on any atom is -0.462 e. The van der Waals surface area contributed by atoms with Crippen molar-refractivity contribution in [3.63, 3.8) is 0 Å². The number of ether oxygens (including phenoxy) is 3. The van der Waals surface area contributed by atoms with Crippen LogP contribution in [0.3, 0.4) is 0 Å². The minimum absolute atomic E-state index is 0.0983. The molecule has 0 aromatic rings. The minimum atomic E-state index is -0.805. The first kappa shape index (κ1) is 67.4. The fourth-order valence-electron chi connectivity index (χ4n) is 9.05. The molecule has 0 amide bonds. The van der Waals surface area contributed by atoms with Gasteiger partial charge in [-0.2, -0.15) is 0 Å². The molecule has 0 aliphatic rings. The number of allylic oxidation sites excluding steroid dienone is 8. The van der Waals surface area contributed by atoms with Gasteiger partial charge in [-0.05, 0) is 44.9 Å². The van der Waals surface area contributed by atoms with Gasteiger partial charge >= 0.3 is 17.9 Å². The summed E-state index contributed by atoms with van der Waals surface area (Å²) in [7, 11) is 0. The van der Waals surface area contributed by atoms with Gasteiger partial charge in [0, 0.05) is 19.3 Å². The number of hydrogen-bond acceptors (Lipinski definition) is 6. The van der Waals surface area contributed by atoms with Crippen LogP contribution in [-0.2, 0) is 28.6 Å². The van der Waals surface area contributed by atoms with Gasteiger partial charge in [-0.3, -0.25) is 14.4 Å². The van der Waals surface area contributed by atoms with Gasteiger partial charge in [0.05, 0.1) is 0 Å². The largest absolute Gasteiger partial charge is 0.462 e. The van der Waals surface area contributed by atoms with Gasteiger partial charge in [0.15, 0.2) is 6.10 Å². The number of esters is 3. The summed E-state index contributed by atoms with van der Waals surface area (Å²) in [5.41, 5.74) is 0. The second-order valence-corrected chi connectivity index (χ2v) is 20.6. The Kier molecular flexibility index (Phi) is 56.7. The maximum atomic E-state index is 12.7. The topological polar surface area (TPSA) is 78.9 Å². The molecule has 0 radical (unpaired) electrons. The van der Waals surface area contributed by atoms with E-state index in [0.717, 1.165) is 64.2 Å². The Labute approximate surface area is 435 Å². The van der Waals surface area contributed by atoms with E-state index in [9.17, 15) is 14.4 Å². The smallest absolute Gasteiger partial charge is 0.306 e. The predicted molar refractivity (Wildman–Crippen MR) is 302 cm³/mol. The molecule has 0 saturated heterocycles. The van der Waals surface area contributed by atoms with Crippen LogP contribution in [0.15, 0.2) is 48.6 Å². The number of unbranched alkanes of at least 4 members (excludes halogenated alkanes) is 37. The molecule has 0 spiro atoms. The molecule has 0 saturated carbocycles. The summed E-state index contributed by atoms with van der Waals surface area (Å²) in [6, 6.07) is 0. The molecule has 0 N–H and O–H groups in total. The Bertz CT molecular complexity index is 1220. The quantitative estimate of drug-likeness (QED) is 0.0261. The van der Waals surface area contributed by atoms with Crippen LogP contribution in [0, 0.1) is 0 Å². The molecule has 0 aromatic heterocycles. The van der Waals surface area contributed by atoms with Crippen molar-refractivity contribution in [1.29, 1.82) is 0 Å². The van der Waals surface area contributed by atoms with Gasteiger partial charge in [-0.25, -0.2) is 0 Å². The second-order valence-electron chi connectivity index (χ2n) is 20.6. The van der Waals surface area contributed by atoms with E-state index in [4.69, 9.17) is 14.2 Å². The third-order valence-electron chi connectivity index (χ3n) is 13.6. The highest BCUT2D eigenvalue weighted by Gasteiger charge is 2.19. The van der Waals surface area contributed by atoms with Crippen LogP contribution >= 0.6 is 0 Å². The number of rotatable bonds is 56. The Morgan fingerprint density at radius 2 is 0.557 bits per heavy atom. The van der Waals surface area contributed by atoms with E-state index in [1.165, 1.54) is 212 Å². The van der Waals surface area contributed by atoms with Gasteiger partial charge in [0.1, 0.15) is 13.2 Å². The van der Waals surface area contributed by atoms with Gasteiger partial charge in [0.2, 0.25) is 0 Å². The summed E-state index contributed by atoms with van der Waals surface area (Å²) < 4.78 is 16.7. The standard InChI is InChI=1S/C64H116O6/c1-4-7-10-13-16-18-20-22-23-24-25-26-27-28-29-30-31-32-33-34-35-36-37-38-39-40-42-43-45-48-51-54-57-63(66)69-60-61(59-68-62(65)56-53-50-47-15-12-9-6-3)70-64(67)58-55-52-49-46-44-41-21-19-17-14-11-8-5-2/h8,11,17,19,41,44,49,52,61H,4-7,9-10,12-16,18,20-40,42-43,45-48,50-51,53-60H2,1-3H3/b11-8-,19-17-,44-41-,52-49-. The number of carbonyl (C=O) groups excluding carboxylic acids is 3. The zero-order valence-electron chi connectivity index (χ0n) is 46.8. The zero-order chi connectivity index (χ0) is 50.7. The van der Waals surface area contributed by atoms with Crippen LogP contribution in [0.2, 0.25) is 0 Å². The van der Waals surface area contributed by atoms with E-state index in [0.29, 0.717) is 19.3 Å². The highest BCUT2D eigenvalue weighted by molar-refractivity contribution is 5.71. The van der Waals surface area contributed by atoms with Crippen molar-refractivity contribution < 1.29 is 28.6 Å². The van der Waals surface area contributed by atoms with Crippen molar-refractivity contribution >= 4 is 17.9 Å². The van der Waals surface area contributed by atoms with Crippen LogP contribution in [0.1, 0.15) is 323 Å². The fraction of sp³-hybridized carbons (Fsp3) is 0.828. The van der Waals surface area contributed by atoms with Crippen LogP contribution in [0.25, 0.3) is 0 Å². The molecular formula is C64H116O6. The van der Waals surface area contributed by atoms with Crippen molar-refractivity contribution in [3.8, 4) is 0 Å². The molecule has 0 fully saturated rings. The van der Waals surface area contributed by atoms with Gasteiger partial charge in [0.25, 0.3) is 0 Å². The van der Waals surface area contributed by atoms with E-state index in [-0.39, 0.29) is 37.5 Å². The average Bonchev–Trinajstić information content (AvgIpc) is 3.36. The van der Waals surface area contributed by atoms with Crippen molar-refractivity contribution in [2.24, 2.45) is 0 Å².